The molecule has 0 saturated heterocycles. The monoisotopic (exact) mass is 194 g/mol. The zero-order chi connectivity index (χ0) is 10.4. The van der Waals surface area contributed by atoms with Crippen molar-refractivity contribution in [2.24, 2.45) is 0 Å². The summed E-state index contributed by atoms with van der Waals surface area (Å²) in [7, 11) is 0. The number of hydrogen-bond acceptors (Lipinski definition) is 3. The number of hydrogen-bond donors (Lipinski definition) is 0. The van der Waals surface area contributed by atoms with Crippen LogP contribution in [0.4, 0.5) is 0 Å². The number of rotatable bonds is 4. The van der Waals surface area contributed by atoms with Crippen molar-refractivity contribution in [1.29, 1.82) is 0 Å². The van der Waals surface area contributed by atoms with E-state index >= 15 is 0 Å². The first-order valence-corrected chi connectivity index (χ1v) is 4.64. The van der Waals surface area contributed by atoms with Gasteiger partial charge in [-0.25, -0.2) is 0 Å². The van der Waals surface area contributed by atoms with E-state index in [-0.39, 0.29) is 5.97 Å². The van der Waals surface area contributed by atoms with Crippen molar-refractivity contribution in [1.82, 2.24) is 0 Å². The predicted octanol–water partition coefficient (Wildman–Crippen LogP) is 2.40. The molecule has 0 aliphatic carbocycles. The van der Waals surface area contributed by atoms with Gasteiger partial charge in [-0.15, -0.1) is 0 Å². The van der Waals surface area contributed by atoms with Crippen LogP contribution in [0.3, 0.4) is 0 Å². The number of ether oxygens (including phenoxy) is 2. The smallest absolute Gasteiger partial charge is 0.308 e. The van der Waals surface area contributed by atoms with Crippen LogP contribution in [0.5, 0.6) is 11.5 Å². The van der Waals surface area contributed by atoms with E-state index in [4.69, 9.17) is 9.47 Å². The van der Waals surface area contributed by atoms with Crippen LogP contribution < -0.4 is 9.47 Å². The molecule has 1 rings (SSSR count). The number of para-hydroxylation sites is 2. The van der Waals surface area contributed by atoms with Crippen LogP contribution in [0.15, 0.2) is 24.3 Å². The van der Waals surface area contributed by atoms with Crippen LogP contribution in [0.1, 0.15) is 20.3 Å². The Morgan fingerprint density at radius 2 is 1.93 bits per heavy atom. The molecule has 0 heterocycles. The van der Waals surface area contributed by atoms with Crippen LogP contribution in [0.2, 0.25) is 0 Å². The van der Waals surface area contributed by atoms with Crippen LogP contribution in [0, 0.1) is 0 Å². The summed E-state index contributed by atoms with van der Waals surface area (Å²) in [5.74, 6) is 0.760. The zero-order valence-corrected chi connectivity index (χ0v) is 8.45. The lowest BCUT2D eigenvalue weighted by Crippen LogP contribution is -2.04. The Balaban J connectivity index is 2.74. The van der Waals surface area contributed by atoms with Gasteiger partial charge in [0, 0.05) is 6.92 Å². The molecular formula is C11H14O3. The minimum Gasteiger partial charge on any atom is -0.490 e. The number of benzene rings is 1. The SMILES string of the molecule is CCCOc1ccccc1OC(C)=O. The van der Waals surface area contributed by atoms with Gasteiger partial charge in [-0.2, -0.15) is 0 Å². The first kappa shape index (κ1) is 10.6. The molecule has 0 spiro atoms. The second kappa shape index (κ2) is 5.27. The number of carbonyl (C=O) groups is 1. The van der Waals surface area contributed by atoms with E-state index in [2.05, 4.69) is 0 Å². The molecule has 0 N–H and O–H groups in total. The van der Waals surface area contributed by atoms with Crippen molar-refractivity contribution in [2.45, 2.75) is 20.3 Å². The lowest BCUT2D eigenvalue weighted by Gasteiger charge is -2.09. The molecule has 0 aliphatic heterocycles. The third kappa shape index (κ3) is 3.09. The fraction of sp³-hybridized carbons (Fsp3) is 0.364. The maximum atomic E-state index is 10.8. The van der Waals surface area contributed by atoms with E-state index < -0.39 is 0 Å². The Labute approximate surface area is 83.6 Å². The maximum absolute atomic E-state index is 10.8. The quantitative estimate of drug-likeness (QED) is 0.545. The third-order valence-corrected chi connectivity index (χ3v) is 1.56. The Kier molecular flexibility index (Phi) is 3.98. The molecule has 0 atom stereocenters. The van der Waals surface area contributed by atoms with Gasteiger partial charge in [0.2, 0.25) is 0 Å². The molecule has 0 unspecified atom stereocenters. The van der Waals surface area contributed by atoms with E-state index in [1.165, 1.54) is 6.92 Å². The standard InChI is InChI=1S/C11H14O3/c1-3-8-13-10-6-4-5-7-11(10)14-9(2)12/h4-7H,3,8H2,1-2H3. The van der Waals surface area contributed by atoms with Gasteiger partial charge in [0.15, 0.2) is 11.5 Å². The van der Waals surface area contributed by atoms with Crippen LogP contribution in [-0.2, 0) is 4.79 Å². The van der Waals surface area contributed by atoms with E-state index in [9.17, 15) is 4.79 Å². The second-order valence-corrected chi connectivity index (χ2v) is 2.89. The van der Waals surface area contributed by atoms with Crippen molar-refractivity contribution in [3.8, 4) is 11.5 Å². The molecule has 1 aromatic carbocycles. The highest BCUT2D eigenvalue weighted by atomic mass is 16.6. The molecule has 14 heavy (non-hydrogen) atoms. The summed E-state index contributed by atoms with van der Waals surface area (Å²) < 4.78 is 10.4. The Bertz CT molecular complexity index is 307. The summed E-state index contributed by atoms with van der Waals surface area (Å²) in [4.78, 5) is 10.8. The van der Waals surface area contributed by atoms with Crippen LogP contribution >= 0.6 is 0 Å². The van der Waals surface area contributed by atoms with Crippen LogP contribution in [-0.4, -0.2) is 12.6 Å². The first-order chi connectivity index (χ1) is 6.74. The van der Waals surface area contributed by atoms with Crippen LogP contribution in [0.25, 0.3) is 0 Å². The van der Waals surface area contributed by atoms with E-state index in [0.717, 1.165) is 6.42 Å². The maximum Gasteiger partial charge on any atom is 0.308 e. The van der Waals surface area contributed by atoms with E-state index in [0.29, 0.717) is 18.1 Å². The third-order valence-electron chi connectivity index (χ3n) is 1.56. The first-order valence-electron chi connectivity index (χ1n) is 4.64. The molecule has 0 fully saturated rings. The summed E-state index contributed by atoms with van der Waals surface area (Å²) in [6, 6.07) is 7.15. The van der Waals surface area contributed by atoms with E-state index in [1.807, 2.05) is 13.0 Å². The summed E-state index contributed by atoms with van der Waals surface area (Å²) in [5, 5.41) is 0. The lowest BCUT2D eigenvalue weighted by molar-refractivity contribution is -0.132. The highest BCUT2D eigenvalue weighted by Gasteiger charge is 2.05. The minimum atomic E-state index is -0.336. The second-order valence-electron chi connectivity index (χ2n) is 2.89. The van der Waals surface area contributed by atoms with Crippen molar-refractivity contribution >= 4 is 5.97 Å². The van der Waals surface area contributed by atoms with Gasteiger partial charge in [-0.3, -0.25) is 4.79 Å². The number of carbonyl (C=O) groups excluding carboxylic acids is 1. The Morgan fingerprint density at radius 3 is 2.50 bits per heavy atom. The van der Waals surface area contributed by atoms with Gasteiger partial charge in [-0.05, 0) is 18.6 Å². The highest BCUT2D eigenvalue weighted by molar-refractivity contribution is 5.70. The average molecular weight is 194 g/mol. The largest absolute Gasteiger partial charge is 0.490 e. The van der Waals surface area contributed by atoms with Gasteiger partial charge in [0.1, 0.15) is 0 Å². The summed E-state index contributed by atoms with van der Waals surface area (Å²) >= 11 is 0. The topological polar surface area (TPSA) is 35.5 Å². The molecular weight excluding hydrogens is 180 g/mol. The molecule has 3 heteroatoms. The molecule has 0 amide bonds. The molecule has 1 aromatic rings. The average Bonchev–Trinajstić information content (AvgIpc) is 2.16. The molecule has 0 aliphatic rings. The highest BCUT2D eigenvalue weighted by Crippen LogP contribution is 2.26. The van der Waals surface area contributed by atoms with E-state index in [1.54, 1.807) is 18.2 Å². The summed E-state index contributed by atoms with van der Waals surface area (Å²) in [5.41, 5.74) is 0. The molecule has 76 valence electrons. The van der Waals surface area contributed by atoms with Gasteiger partial charge >= 0.3 is 5.97 Å². The molecule has 0 saturated carbocycles. The van der Waals surface area contributed by atoms with Crippen molar-refractivity contribution in [3.63, 3.8) is 0 Å². The zero-order valence-electron chi connectivity index (χ0n) is 8.45. The summed E-state index contributed by atoms with van der Waals surface area (Å²) in [6.07, 6.45) is 0.925. The van der Waals surface area contributed by atoms with Crippen molar-refractivity contribution in [3.05, 3.63) is 24.3 Å². The molecule has 0 bridgehead atoms. The Morgan fingerprint density at radius 1 is 1.29 bits per heavy atom. The number of esters is 1. The minimum absolute atomic E-state index is 0.336. The fourth-order valence-corrected chi connectivity index (χ4v) is 1.02. The normalized spacial score (nSPS) is 9.57. The van der Waals surface area contributed by atoms with Gasteiger partial charge in [0.25, 0.3) is 0 Å². The van der Waals surface area contributed by atoms with Gasteiger partial charge in [-0.1, -0.05) is 19.1 Å². The fourth-order valence-electron chi connectivity index (χ4n) is 1.02. The lowest BCUT2D eigenvalue weighted by atomic mass is 10.3. The van der Waals surface area contributed by atoms with Gasteiger partial charge < -0.3 is 9.47 Å². The van der Waals surface area contributed by atoms with Crippen molar-refractivity contribution < 1.29 is 14.3 Å². The van der Waals surface area contributed by atoms with Gasteiger partial charge in [0.05, 0.1) is 6.61 Å². The predicted molar refractivity (Wildman–Crippen MR) is 53.5 cm³/mol. The molecule has 0 radical (unpaired) electrons. The Hall–Kier alpha value is -1.51. The molecule has 3 nitrogen and oxygen atoms in total. The summed E-state index contributed by atoms with van der Waals surface area (Å²) in [6.45, 7) is 4.02. The molecule has 0 aromatic heterocycles. The van der Waals surface area contributed by atoms with Crippen molar-refractivity contribution in [2.75, 3.05) is 6.61 Å².